The molecule has 5 heteroatoms. The van der Waals surface area contributed by atoms with Gasteiger partial charge in [0.25, 0.3) is 0 Å². The van der Waals surface area contributed by atoms with Crippen molar-refractivity contribution in [2.45, 2.75) is 18.5 Å². The van der Waals surface area contributed by atoms with Gasteiger partial charge in [0.1, 0.15) is 5.82 Å². The van der Waals surface area contributed by atoms with E-state index in [4.69, 9.17) is 11.6 Å². The van der Waals surface area contributed by atoms with E-state index in [1.807, 2.05) is 0 Å². The summed E-state index contributed by atoms with van der Waals surface area (Å²) in [6, 6.07) is 11.2. The molecule has 0 aliphatic carbocycles. The molecule has 0 radical (unpaired) electrons. The average molecular weight is 317 g/mol. The van der Waals surface area contributed by atoms with Crippen LogP contribution in [0, 0.1) is 5.82 Å². The lowest BCUT2D eigenvalue weighted by Gasteiger charge is -2.16. The Hall–Kier alpha value is -1.55. The highest BCUT2D eigenvalue weighted by atomic mass is 35.5. The SMILES string of the molecule is Fc1ccccc1C(CCl)Cc1cccc(C(F)(F)F)c1. The van der Waals surface area contributed by atoms with Crippen molar-refractivity contribution in [3.63, 3.8) is 0 Å². The molecule has 0 fully saturated rings. The summed E-state index contributed by atoms with van der Waals surface area (Å²) >= 11 is 5.86. The molecule has 0 N–H and O–H groups in total. The van der Waals surface area contributed by atoms with Crippen molar-refractivity contribution >= 4 is 11.6 Å². The van der Waals surface area contributed by atoms with Gasteiger partial charge in [0.2, 0.25) is 0 Å². The van der Waals surface area contributed by atoms with Crippen LogP contribution in [-0.2, 0) is 12.6 Å². The van der Waals surface area contributed by atoms with E-state index in [1.165, 1.54) is 12.1 Å². The van der Waals surface area contributed by atoms with Gasteiger partial charge in [-0.05, 0) is 29.7 Å². The summed E-state index contributed by atoms with van der Waals surface area (Å²) in [4.78, 5) is 0. The molecule has 2 aromatic carbocycles. The lowest BCUT2D eigenvalue weighted by molar-refractivity contribution is -0.137. The first-order valence-electron chi connectivity index (χ1n) is 6.38. The van der Waals surface area contributed by atoms with Crippen LogP contribution in [-0.4, -0.2) is 5.88 Å². The number of hydrogen-bond donors (Lipinski definition) is 0. The Morgan fingerprint density at radius 1 is 1.00 bits per heavy atom. The summed E-state index contributed by atoms with van der Waals surface area (Å²) in [6.07, 6.45) is -4.13. The maximum absolute atomic E-state index is 13.8. The molecule has 2 rings (SSSR count). The van der Waals surface area contributed by atoms with Gasteiger partial charge < -0.3 is 0 Å². The van der Waals surface area contributed by atoms with E-state index in [0.29, 0.717) is 11.1 Å². The Morgan fingerprint density at radius 2 is 1.71 bits per heavy atom. The van der Waals surface area contributed by atoms with E-state index in [-0.39, 0.29) is 18.2 Å². The predicted octanol–water partition coefficient (Wildman–Crippen LogP) is 5.41. The number of rotatable bonds is 4. The van der Waals surface area contributed by atoms with Gasteiger partial charge in [0.15, 0.2) is 0 Å². The molecular weight excluding hydrogens is 304 g/mol. The largest absolute Gasteiger partial charge is 0.416 e. The summed E-state index contributed by atoms with van der Waals surface area (Å²) in [5.74, 6) is -0.622. The highest BCUT2D eigenvalue weighted by Crippen LogP contribution is 2.31. The van der Waals surface area contributed by atoms with Crippen LogP contribution >= 0.6 is 11.6 Å². The fourth-order valence-corrected chi connectivity index (χ4v) is 2.49. The molecule has 0 heterocycles. The maximum atomic E-state index is 13.8. The van der Waals surface area contributed by atoms with Crippen LogP contribution in [0.5, 0.6) is 0 Å². The van der Waals surface area contributed by atoms with E-state index >= 15 is 0 Å². The molecule has 0 saturated carbocycles. The van der Waals surface area contributed by atoms with Gasteiger partial charge in [-0.15, -0.1) is 11.6 Å². The molecule has 0 aromatic heterocycles. The van der Waals surface area contributed by atoms with E-state index in [1.54, 1.807) is 24.3 Å². The summed E-state index contributed by atoms with van der Waals surface area (Å²) in [6.45, 7) is 0. The van der Waals surface area contributed by atoms with Crippen LogP contribution in [0.3, 0.4) is 0 Å². The Labute approximate surface area is 125 Å². The predicted molar refractivity (Wildman–Crippen MR) is 75.0 cm³/mol. The van der Waals surface area contributed by atoms with Gasteiger partial charge in [0, 0.05) is 11.8 Å². The van der Waals surface area contributed by atoms with Crippen LogP contribution < -0.4 is 0 Å². The highest BCUT2D eigenvalue weighted by Gasteiger charge is 2.30. The molecule has 21 heavy (non-hydrogen) atoms. The maximum Gasteiger partial charge on any atom is 0.416 e. The van der Waals surface area contributed by atoms with Crippen LogP contribution in [0.2, 0.25) is 0 Å². The van der Waals surface area contributed by atoms with Crippen molar-refractivity contribution in [3.05, 3.63) is 71.0 Å². The summed E-state index contributed by atoms with van der Waals surface area (Å²) in [5, 5.41) is 0. The summed E-state index contributed by atoms with van der Waals surface area (Å²) in [7, 11) is 0. The van der Waals surface area contributed by atoms with Gasteiger partial charge in [-0.2, -0.15) is 13.2 Å². The fraction of sp³-hybridized carbons (Fsp3) is 0.250. The number of alkyl halides is 4. The van der Waals surface area contributed by atoms with E-state index < -0.39 is 17.6 Å². The fourth-order valence-electron chi connectivity index (χ4n) is 2.21. The Balaban J connectivity index is 2.26. The third-order valence-electron chi connectivity index (χ3n) is 3.27. The zero-order chi connectivity index (χ0) is 15.5. The highest BCUT2D eigenvalue weighted by molar-refractivity contribution is 6.18. The topological polar surface area (TPSA) is 0 Å². The van der Waals surface area contributed by atoms with Crippen molar-refractivity contribution in [1.82, 2.24) is 0 Å². The smallest absolute Gasteiger partial charge is 0.207 e. The standard InChI is InChI=1S/C16H13ClF4/c17-10-12(14-6-1-2-7-15(14)18)8-11-4-3-5-13(9-11)16(19,20)21/h1-7,9,12H,8,10H2. The number of halogens is 5. The monoisotopic (exact) mass is 316 g/mol. The first-order valence-corrected chi connectivity index (χ1v) is 6.92. The molecule has 112 valence electrons. The van der Waals surface area contributed by atoms with Gasteiger partial charge >= 0.3 is 6.18 Å². The van der Waals surface area contributed by atoms with Crippen LogP contribution in [0.25, 0.3) is 0 Å². The minimum Gasteiger partial charge on any atom is -0.207 e. The van der Waals surface area contributed by atoms with Gasteiger partial charge in [-0.3, -0.25) is 0 Å². The molecule has 0 amide bonds. The molecule has 2 aromatic rings. The summed E-state index contributed by atoms with van der Waals surface area (Å²) < 4.78 is 51.8. The molecule has 1 unspecified atom stereocenters. The lowest BCUT2D eigenvalue weighted by atomic mass is 9.92. The van der Waals surface area contributed by atoms with Crippen molar-refractivity contribution < 1.29 is 17.6 Å². The third kappa shape index (κ3) is 3.97. The molecule has 0 aliphatic heterocycles. The van der Waals surface area contributed by atoms with Crippen molar-refractivity contribution in [2.24, 2.45) is 0 Å². The third-order valence-corrected chi connectivity index (χ3v) is 3.64. The zero-order valence-corrected chi connectivity index (χ0v) is 11.8. The Kier molecular flexibility index (Phi) is 4.88. The minimum absolute atomic E-state index is 0.136. The Bertz CT molecular complexity index is 607. The van der Waals surface area contributed by atoms with Crippen LogP contribution in [0.15, 0.2) is 48.5 Å². The molecule has 0 aliphatic rings. The molecule has 0 saturated heterocycles. The first kappa shape index (κ1) is 15.8. The normalized spacial score (nSPS) is 13.2. The lowest BCUT2D eigenvalue weighted by Crippen LogP contribution is -2.09. The van der Waals surface area contributed by atoms with Gasteiger partial charge in [-0.25, -0.2) is 4.39 Å². The second-order valence-electron chi connectivity index (χ2n) is 4.78. The van der Waals surface area contributed by atoms with E-state index in [9.17, 15) is 17.6 Å². The minimum atomic E-state index is -4.38. The number of hydrogen-bond acceptors (Lipinski definition) is 0. The van der Waals surface area contributed by atoms with Gasteiger partial charge in [-0.1, -0.05) is 36.4 Å². The first-order chi connectivity index (χ1) is 9.91. The molecule has 0 nitrogen and oxygen atoms in total. The van der Waals surface area contributed by atoms with Crippen molar-refractivity contribution in [1.29, 1.82) is 0 Å². The zero-order valence-electron chi connectivity index (χ0n) is 11.0. The number of benzene rings is 2. The van der Waals surface area contributed by atoms with Crippen molar-refractivity contribution in [2.75, 3.05) is 5.88 Å². The average Bonchev–Trinajstić information content (AvgIpc) is 2.45. The molecule has 0 spiro atoms. The van der Waals surface area contributed by atoms with Crippen LogP contribution in [0.4, 0.5) is 17.6 Å². The Morgan fingerprint density at radius 3 is 2.33 bits per heavy atom. The second-order valence-corrected chi connectivity index (χ2v) is 5.08. The molecular formula is C16H13ClF4. The van der Waals surface area contributed by atoms with E-state index in [0.717, 1.165) is 12.1 Å². The van der Waals surface area contributed by atoms with Gasteiger partial charge in [0.05, 0.1) is 5.56 Å². The quantitative estimate of drug-likeness (QED) is 0.522. The van der Waals surface area contributed by atoms with Crippen LogP contribution in [0.1, 0.15) is 22.6 Å². The second kappa shape index (κ2) is 6.48. The molecule has 1 atom stereocenters. The summed E-state index contributed by atoms with van der Waals surface area (Å²) in [5.41, 5.74) is 0.200. The van der Waals surface area contributed by atoms with Crippen molar-refractivity contribution in [3.8, 4) is 0 Å². The molecule has 0 bridgehead atoms. The van der Waals surface area contributed by atoms with E-state index in [2.05, 4.69) is 0 Å².